The first kappa shape index (κ1) is 25.8. The number of ether oxygens (including phenoxy) is 1. The number of rotatable bonds is 8. The van der Waals surface area contributed by atoms with Gasteiger partial charge in [0.05, 0.1) is 34.1 Å². The highest BCUT2D eigenvalue weighted by Gasteiger charge is 2.40. The number of nitrogens with zero attached hydrogens (tertiary/aromatic N) is 2. The molecule has 2 aliphatic heterocycles. The molecular weight excluding hydrogens is 504 g/mol. The summed E-state index contributed by atoms with van der Waals surface area (Å²) in [5.41, 5.74) is 2.12. The first-order valence-electron chi connectivity index (χ1n) is 12.5. The van der Waals surface area contributed by atoms with E-state index in [1.807, 2.05) is 0 Å². The predicted octanol–water partition coefficient (Wildman–Crippen LogP) is 2.95. The third-order valence-electron chi connectivity index (χ3n) is 6.98. The standard InChI is InChI=1S/C28H26N4O7/c1-15-22(25(33)30-18-10-11-18)24(17-6-5-7-19(14-17)32(37)38)23(16(2)29-15)28(36)39-13-12-31-26(34)20-8-3-4-9-21(20)27(31)35/h3-9,14,18,24,29H,10-13H2,1-2H3,(H,30,33). The summed E-state index contributed by atoms with van der Waals surface area (Å²) in [6.45, 7) is 2.95. The zero-order valence-corrected chi connectivity index (χ0v) is 21.4. The van der Waals surface area contributed by atoms with Crippen LogP contribution < -0.4 is 10.6 Å². The molecule has 0 radical (unpaired) electrons. The van der Waals surface area contributed by atoms with Gasteiger partial charge >= 0.3 is 5.97 Å². The molecule has 0 spiro atoms. The van der Waals surface area contributed by atoms with Crippen molar-refractivity contribution >= 4 is 29.4 Å². The van der Waals surface area contributed by atoms with Crippen LogP contribution in [0.15, 0.2) is 71.1 Å². The molecule has 2 heterocycles. The van der Waals surface area contributed by atoms with Crippen LogP contribution in [0.1, 0.15) is 58.9 Å². The van der Waals surface area contributed by atoms with Crippen molar-refractivity contribution in [2.45, 2.75) is 38.6 Å². The number of amides is 3. The Kier molecular flexibility index (Phi) is 6.73. The van der Waals surface area contributed by atoms with Gasteiger partial charge in [-0.05, 0) is 44.4 Å². The molecule has 0 saturated heterocycles. The van der Waals surface area contributed by atoms with Gasteiger partial charge in [0.15, 0.2) is 0 Å². The summed E-state index contributed by atoms with van der Waals surface area (Å²) in [7, 11) is 0. The van der Waals surface area contributed by atoms with Crippen molar-refractivity contribution in [3.05, 3.63) is 97.9 Å². The van der Waals surface area contributed by atoms with Crippen molar-refractivity contribution < 1.29 is 28.8 Å². The molecule has 1 saturated carbocycles. The van der Waals surface area contributed by atoms with E-state index in [0.29, 0.717) is 28.1 Å². The molecule has 5 rings (SSSR count). The number of nitrogens with one attached hydrogen (secondary N) is 2. The number of carbonyl (C=O) groups is 4. The number of esters is 1. The van der Waals surface area contributed by atoms with Gasteiger partial charge < -0.3 is 15.4 Å². The number of nitro groups is 1. The van der Waals surface area contributed by atoms with Gasteiger partial charge in [-0.2, -0.15) is 0 Å². The van der Waals surface area contributed by atoms with Gasteiger partial charge in [-0.3, -0.25) is 29.4 Å². The van der Waals surface area contributed by atoms with E-state index in [9.17, 15) is 29.3 Å². The summed E-state index contributed by atoms with van der Waals surface area (Å²) in [6, 6.07) is 12.3. The average molecular weight is 531 g/mol. The molecule has 1 atom stereocenters. The van der Waals surface area contributed by atoms with Crippen molar-refractivity contribution in [1.82, 2.24) is 15.5 Å². The molecule has 200 valence electrons. The van der Waals surface area contributed by atoms with E-state index in [1.165, 1.54) is 18.2 Å². The summed E-state index contributed by atoms with van der Waals surface area (Å²) in [5, 5.41) is 17.5. The highest BCUT2D eigenvalue weighted by molar-refractivity contribution is 6.21. The van der Waals surface area contributed by atoms with Crippen molar-refractivity contribution in [1.29, 1.82) is 0 Å². The zero-order valence-electron chi connectivity index (χ0n) is 21.4. The molecule has 2 aromatic rings. The molecule has 2 aromatic carbocycles. The largest absolute Gasteiger partial charge is 0.460 e. The third-order valence-corrected chi connectivity index (χ3v) is 6.98. The maximum atomic E-state index is 13.5. The van der Waals surface area contributed by atoms with Crippen LogP contribution >= 0.6 is 0 Å². The van der Waals surface area contributed by atoms with E-state index in [0.717, 1.165) is 17.7 Å². The molecule has 39 heavy (non-hydrogen) atoms. The number of non-ortho nitro benzene ring substituents is 1. The van der Waals surface area contributed by atoms with Crippen LogP contribution in [0.3, 0.4) is 0 Å². The molecule has 1 aliphatic carbocycles. The van der Waals surface area contributed by atoms with Gasteiger partial charge in [0.2, 0.25) is 5.91 Å². The maximum Gasteiger partial charge on any atom is 0.336 e. The first-order chi connectivity index (χ1) is 18.7. The molecule has 1 unspecified atom stereocenters. The minimum absolute atomic E-state index is 0.0469. The number of hydrogen-bond acceptors (Lipinski definition) is 8. The lowest BCUT2D eigenvalue weighted by molar-refractivity contribution is -0.384. The van der Waals surface area contributed by atoms with Gasteiger partial charge in [-0.25, -0.2) is 4.79 Å². The first-order valence-corrected chi connectivity index (χ1v) is 12.5. The average Bonchev–Trinajstić information content (AvgIpc) is 3.69. The van der Waals surface area contributed by atoms with Crippen LogP contribution in [-0.2, 0) is 14.3 Å². The molecule has 3 aliphatic rings. The number of imide groups is 1. The van der Waals surface area contributed by atoms with Crippen molar-refractivity contribution in [3.8, 4) is 0 Å². The molecule has 11 nitrogen and oxygen atoms in total. The number of allylic oxidation sites excluding steroid dienone is 2. The van der Waals surface area contributed by atoms with Crippen molar-refractivity contribution in [2.24, 2.45) is 0 Å². The Labute approximate surface area is 223 Å². The number of hydrogen-bond donors (Lipinski definition) is 2. The summed E-state index contributed by atoms with van der Waals surface area (Å²) >= 11 is 0. The number of nitro benzene ring substituents is 1. The van der Waals surface area contributed by atoms with Crippen molar-refractivity contribution in [2.75, 3.05) is 13.2 Å². The number of dihydropyridines is 1. The van der Waals surface area contributed by atoms with E-state index in [2.05, 4.69) is 10.6 Å². The van der Waals surface area contributed by atoms with Crippen LogP contribution in [0, 0.1) is 10.1 Å². The van der Waals surface area contributed by atoms with E-state index in [1.54, 1.807) is 44.2 Å². The fraction of sp³-hybridized carbons (Fsp3) is 0.286. The Balaban J connectivity index is 1.40. The fourth-order valence-corrected chi connectivity index (χ4v) is 4.96. The number of carbonyl (C=O) groups excluding carboxylic acids is 4. The van der Waals surface area contributed by atoms with Crippen LogP contribution in [0.2, 0.25) is 0 Å². The Morgan fingerprint density at radius 3 is 2.28 bits per heavy atom. The van der Waals surface area contributed by atoms with Crippen LogP contribution in [0.25, 0.3) is 0 Å². The quantitative estimate of drug-likeness (QED) is 0.229. The predicted molar refractivity (Wildman–Crippen MR) is 138 cm³/mol. The summed E-state index contributed by atoms with van der Waals surface area (Å²) in [4.78, 5) is 64.1. The molecule has 0 aromatic heterocycles. The van der Waals surface area contributed by atoms with Gasteiger partial charge in [0.25, 0.3) is 17.5 Å². The lowest BCUT2D eigenvalue weighted by atomic mass is 9.80. The Bertz CT molecular complexity index is 1450. The second kappa shape index (κ2) is 10.2. The van der Waals surface area contributed by atoms with Gasteiger partial charge in [-0.15, -0.1) is 0 Å². The fourth-order valence-electron chi connectivity index (χ4n) is 4.96. The number of benzene rings is 2. The Hall–Kier alpha value is -4.80. The molecule has 1 fully saturated rings. The minimum atomic E-state index is -0.934. The molecule has 3 amide bonds. The van der Waals surface area contributed by atoms with Crippen molar-refractivity contribution in [3.63, 3.8) is 0 Å². The minimum Gasteiger partial charge on any atom is -0.460 e. The summed E-state index contributed by atoms with van der Waals surface area (Å²) in [6.07, 6.45) is 1.71. The van der Waals surface area contributed by atoms with Crippen LogP contribution in [0.4, 0.5) is 5.69 Å². The molecule has 0 bridgehead atoms. The number of fused-ring (bicyclic) bond motifs is 1. The van der Waals surface area contributed by atoms with Gasteiger partial charge in [0, 0.05) is 35.1 Å². The Morgan fingerprint density at radius 1 is 1.03 bits per heavy atom. The van der Waals surface area contributed by atoms with Crippen LogP contribution in [-0.4, -0.2) is 52.7 Å². The smallest absolute Gasteiger partial charge is 0.336 e. The highest BCUT2D eigenvalue weighted by Crippen LogP contribution is 2.40. The van der Waals surface area contributed by atoms with E-state index >= 15 is 0 Å². The second-order valence-corrected chi connectivity index (χ2v) is 9.68. The molecule has 2 N–H and O–H groups in total. The summed E-state index contributed by atoms with van der Waals surface area (Å²) in [5.74, 6) is -3.00. The normalized spacial score (nSPS) is 18.6. The van der Waals surface area contributed by atoms with Crippen LogP contribution in [0.5, 0.6) is 0 Å². The molecular formula is C28H26N4O7. The lowest BCUT2D eigenvalue weighted by Gasteiger charge is -2.31. The lowest BCUT2D eigenvalue weighted by Crippen LogP contribution is -2.38. The van der Waals surface area contributed by atoms with E-state index in [4.69, 9.17) is 4.74 Å². The summed E-state index contributed by atoms with van der Waals surface area (Å²) < 4.78 is 5.52. The third kappa shape index (κ3) is 4.90. The Morgan fingerprint density at radius 2 is 1.67 bits per heavy atom. The monoisotopic (exact) mass is 530 g/mol. The molecule has 11 heteroatoms. The second-order valence-electron chi connectivity index (χ2n) is 9.68. The maximum absolute atomic E-state index is 13.5. The highest BCUT2D eigenvalue weighted by atomic mass is 16.6. The topological polar surface area (TPSA) is 148 Å². The zero-order chi connectivity index (χ0) is 27.8. The van der Waals surface area contributed by atoms with Gasteiger partial charge in [0.1, 0.15) is 6.61 Å². The van der Waals surface area contributed by atoms with Gasteiger partial charge in [-0.1, -0.05) is 24.3 Å². The van der Waals surface area contributed by atoms with E-state index in [-0.39, 0.29) is 41.9 Å². The SMILES string of the molecule is CC1=C(C(=O)NC2CC2)C(c2cccc([N+](=O)[O-])c2)C(C(=O)OCCN2C(=O)c3ccccc3C2=O)=C(C)N1. The van der Waals surface area contributed by atoms with E-state index < -0.39 is 28.6 Å².